The van der Waals surface area contributed by atoms with Gasteiger partial charge in [-0.3, -0.25) is 0 Å². The monoisotopic (exact) mass is 337 g/mol. The Kier molecular flexibility index (Phi) is 4.75. The smallest absolute Gasteiger partial charge is 0.169 e. The molecule has 3 rings (SSSR count). The van der Waals surface area contributed by atoms with Crippen molar-refractivity contribution in [1.29, 1.82) is 5.26 Å². The highest BCUT2D eigenvalue weighted by molar-refractivity contribution is 5.61. The molecule has 1 aliphatic heterocycles. The van der Waals surface area contributed by atoms with Crippen molar-refractivity contribution in [1.82, 2.24) is 10.2 Å². The van der Waals surface area contributed by atoms with Crippen molar-refractivity contribution in [2.75, 3.05) is 36.5 Å². The van der Waals surface area contributed by atoms with Crippen molar-refractivity contribution < 1.29 is 4.74 Å². The van der Waals surface area contributed by atoms with Crippen molar-refractivity contribution in [3.05, 3.63) is 41.1 Å². The van der Waals surface area contributed by atoms with E-state index in [1.807, 2.05) is 44.0 Å². The fraction of sp³-hybridized carbons (Fsp3) is 0.421. The van der Waals surface area contributed by atoms with E-state index in [4.69, 9.17) is 4.74 Å². The molecule has 0 aliphatic carbocycles. The van der Waals surface area contributed by atoms with Crippen LogP contribution in [0.1, 0.15) is 23.7 Å². The molecule has 0 spiro atoms. The van der Waals surface area contributed by atoms with E-state index < -0.39 is 0 Å². The van der Waals surface area contributed by atoms with Gasteiger partial charge in [0.05, 0.1) is 24.5 Å². The molecule has 0 bridgehead atoms. The van der Waals surface area contributed by atoms with Crippen LogP contribution >= 0.6 is 0 Å². The van der Waals surface area contributed by atoms with Crippen LogP contribution in [0.5, 0.6) is 5.75 Å². The third-order valence-corrected chi connectivity index (χ3v) is 4.69. The first kappa shape index (κ1) is 17.0. The van der Waals surface area contributed by atoms with E-state index in [9.17, 15) is 5.26 Å². The SMILES string of the molecule is CCN1C[C@H](CN(C)c2nnc(C)c(C)c2C#N)Oc2ccccc21. The summed E-state index contributed by atoms with van der Waals surface area (Å²) in [6.45, 7) is 8.28. The zero-order valence-corrected chi connectivity index (χ0v) is 15.2. The summed E-state index contributed by atoms with van der Waals surface area (Å²) in [6, 6.07) is 10.4. The quantitative estimate of drug-likeness (QED) is 0.855. The Hall–Kier alpha value is -2.81. The molecule has 130 valence electrons. The molecule has 2 aromatic rings. The standard InChI is InChI=1S/C19H23N5O/c1-5-24-12-15(25-18-9-7-6-8-17(18)24)11-23(4)19-16(10-20)13(2)14(3)21-22-19/h6-9,15H,5,11-12H2,1-4H3/t15-/m0/s1. The van der Waals surface area contributed by atoms with Crippen molar-refractivity contribution in [2.45, 2.75) is 26.9 Å². The lowest BCUT2D eigenvalue weighted by molar-refractivity contribution is 0.200. The predicted molar refractivity (Wildman–Crippen MR) is 98.2 cm³/mol. The average molecular weight is 337 g/mol. The summed E-state index contributed by atoms with van der Waals surface area (Å²) in [7, 11) is 1.93. The Bertz CT molecular complexity index is 814. The number of nitriles is 1. The first-order chi connectivity index (χ1) is 12.0. The van der Waals surface area contributed by atoms with Gasteiger partial charge in [0, 0.05) is 13.6 Å². The number of para-hydroxylation sites is 2. The summed E-state index contributed by atoms with van der Waals surface area (Å²) >= 11 is 0. The van der Waals surface area contributed by atoms with Gasteiger partial charge >= 0.3 is 0 Å². The maximum Gasteiger partial charge on any atom is 0.169 e. The Morgan fingerprint density at radius 3 is 2.80 bits per heavy atom. The van der Waals surface area contributed by atoms with Crippen molar-refractivity contribution >= 4 is 11.5 Å². The summed E-state index contributed by atoms with van der Waals surface area (Å²) in [5.74, 6) is 1.51. The molecule has 1 aliphatic rings. The maximum atomic E-state index is 9.50. The minimum absolute atomic E-state index is 0.00481. The van der Waals surface area contributed by atoms with Gasteiger partial charge < -0.3 is 14.5 Å². The van der Waals surface area contributed by atoms with Gasteiger partial charge in [0.1, 0.15) is 23.5 Å². The van der Waals surface area contributed by atoms with Crippen LogP contribution in [0.15, 0.2) is 24.3 Å². The van der Waals surface area contributed by atoms with Gasteiger partial charge in [-0.25, -0.2) is 0 Å². The number of rotatable bonds is 4. The maximum absolute atomic E-state index is 9.50. The van der Waals surface area contributed by atoms with E-state index in [1.54, 1.807) is 0 Å². The van der Waals surface area contributed by atoms with Crippen LogP contribution in [0.3, 0.4) is 0 Å². The molecule has 0 unspecified atom stereocenters. The minimum atomic E-state index is -0.00481. The fourth-order valence-corrected chi connectivity index (χ4v) is 3.16. The summed E-state index contributed by atoms with van der Waals surface area (Å²) in [5.41, 5.74) is 3.38. The number of hydrogen-bond acceptors (Lipinski definition) is 6. The van der Waals surface area contributed by atoms with Gasteiger partial charge in [0.2, 0.25) is 0 Å². The van der Waals surface area contributed by atoms with Gasteiger partial charge in [-0.1, -0.05) is 12.1 Å². The number of fused-ring (bicyclic) bond motifs is 1. The van der Waals surface area contributed by atoms with Crippen LogP contribution in [0.25, 0.3) is 0 Å². The molecule has 1 aromatic heterocycles. The van der Waals surface area contributed by atoms with Crippen molar-refractivity contribution in [3.63, 3.8) is 0 Å². The Morgan fingerprint density at radius 1 is 1.32 bits per heavy atom. The third-order valence-electron chi connectivity index (χ3n) is 4.69. The summed E-state index contributed by atoms with van der Waals surface area (Å²) < 4.78 is 6.17. The number of likely N-dealkylation sites (N-methyl/N-ethyl adjacent to an activating group) is 2. The second-order valence-electron chi connectivity index (χ2n) is 6.35. The van der Waals surface area contributed by atoms with E-state index in [2.05, 4.69) is 34.2 Å². The number of benzene rings is 1. The second-order valence-corrected chi connectivity index (χ2v) is 6.35. The lowest BCUT2D eigenvalue weighted by Crippen LogP contribution is -2.46. The lowest BCUT2D eigenvalue weighted by atomic mass is 10.1. The summed E-state index contributed by atoms with van der Waals surface area (Å²) in [4.78, 5) is 4.28. The zero-order chi connectivity index (χ0) is 18.0. The van der Waals surface area contributed by atoms with Crippen molar-refractivity contribution in [2.24, 2.45) is 0 Å². The molecule has 2 heterocycles. The number of aryl methyl sites for hydroxylation is 1. The number of anilines is 2. The number of nitrogens with zero attached hydrogens (tertiary/aromatic N) is 5. The average Bonchev–Trinajstić information content (AvgIpc) is 2.62. The zero-order valence-electron chi connectivity index (χ0n) is 15.2. The van der Waals surface area contributed by atoms with Gasteiger partial charge in [0.25, 0.3) is 0 Å². The number of hydrogen-bond donors (Lipinski definition) is 0. The van der Waals surface area contributed by atoms with Crippen LogP contribution in [0, 0.1) is 25.2 Å². The highest BCUT2D eigenvalue weighted by Crippen LogP contribution is 2.33. The second kappa shape index (κ2) is 6.98. The van der Waals surface area contributed by atoms with Crippen LogP contribution in [-0.2, 0) is 0 Å². The van der Waals surface area contributed by atoms with E-state index in [-0.39, 0.29) is 6.10 Å². The van der Waals surface area contributed by atoms with Crippen LogP contribution in [0.4, 0.5) is 11.5 Å². The van der Waals surface area contributed by atoms with Gasteiger partial charge in [-0.2, -0.15) is 10.4 Å². The molecule has 25 heavy (non-hydrogen) atoms. The van der Waals surface area contributed by atoms with E-state index in [1.165, 1.54) is 0 Å². The molecule has 0 radical (unpaired) electrons. The van der Waals surface area contributed by atoms with E-state index >= 15 is 0 Å². The molecule has 0 saturated carbocycles. The summed E-state index contributed by atoms with van der Waals surface area (Å²) in [5, 5.41) is 17.9. The van der Waals surface area contributed by atoms with Gasteiger partial charge in [-0.05, 0) is 38.5 Å². The molecule has 0 amide bonds. The molecule has 1 aromatic carbocycles. The third kappa shape index (κ3) is 3.22. The largest absolute Gasteiger partial charge is 0.485 e. The Labute approximate surface area is 148 Å². The highest BCUT2D eigenvalue weighted by atomic mass is 16.5. The molecule has 6 heteroatoms. The van der Waals surface area contributed by atoms with E-state index in [0.29, 0.717) is 17.9 Å². The number of ether oxygens (including phenoxy) is 1. The highest BCUT2D eigenvalue weighted by Gasteiger charge is 2.26. The summed E-state index contributed by atoms with van der Waals surface area (Å²) in [6.07, 6.45) is -0.00481. The lowest BCUT2D eigenvalue weighted by Gasteiger charge is -2.37. The first-order valence-corrected chi connectivity index (χ1v) is 8.50. The Morgan fingerprint density at radius 2 is 2.08 bits per heavy atom. The topological polar surface area (TPSA) is 65.3 Å². The van der Waals surface area contributed by atoms with Crippen LogP contribution in [0.2, 0.25) is 0 Å². The minimum Gasteiger partial charge on any atom is -0.485 e. The first-order valence-electron chi connectivity index (χ1n) is 8.50. The molecule has 0 saturated heterocycles. The fourth-order valence-electron chi connectivity index (χ4n) is 3.16. The molecular weight excluding hydrogens is 314 g/mol. The molecular formula is C19H23N5O. The molecule has 0 N–H and O–H groups in total. The number of aromatic nitrogens is 2. The van der Waals surface area contributed by atoms with Crippen molar-refractivity contribution in [3.8, 4) is 11.8 Å². The molecule has 0 fully saturated rings. The van der Waals surface area contributed by atoms with Gasteiger partial charge in [-0.15, -0.1) is 5.10 Å². The van der Waals surface area contributed by atoms with E-state index in [0.717, 1.165) is 35.8 Å². The Balaban J connectivity index is 1.82. The normalized spacial score (nSPS) is 16.0. The van der Waals surface area contributed by atoms with Crippen LogP contribution in [-0.4, -0.2) is 43.0 Å². The molecule has 1 atom stereocenters. The van der Waals surface area contributed by atoms with Gasteiger partial charge in [0.15, 0.2) is 5.82 Å². The predicted octanol–water partition coefficient (Wildman–Crippen LogP) is 2.69. The van der Waals surface area contributed by atoms with Crippen LogP contribution < -0.4 is 14.5 Å². The molecule has 6 nitrogen and oxygen atoms in total.